The van der Waals surface area contributed by atoms with E-state index in [1.165, 1.54) is 11.3 Å². The maximum atomic E-state index is 12.6. The molecule has 4 aromatic rings. The van der Waals surface area contributed by atoms with Crippen LogP contribution in [0, 0.1) is 0 Å². The molecule has 3 N–H and O–H groups in total. The number of nitrogens with two attached hydrogens (primary N) is 1. The summed E-state index contributed by atoms with van der Waals surface area (Å²) in [7, 11) is 0. The summed E-state index contributed by atoms with van der Waals surface area (Å²) in [5.41, 5.74) is 9.00. The molecule has 0 saturated carbocycles. The van der Waals surface area contributed by atoms with Crippen LogP contribution in [-0.2, 0) is 6.54 Å². The zero-order valence-electron chi connectivity index (χ0n) is 14.1. The number of carbonyl (C=O) groups excluding carboxylic acids is 1. The van der Waals surface area contributed by atoms with E-state index < -0.39 is 0 Å². The van der Waals surface area contributed by atoms with E-state index in [-0.39, 0.29) is 5.91 Å². The van der Waals surface area contributed by atoms with Gasteiger partial charge in [0.1, 0.15) is 9.71 Å². The van der Waals surface area contributed by atoms with Crippen LogP contribution in [-0.4, -0.2) is 15.9 Å². The number of aromatic nitrogens is 2. The van der Waals surface area contributed by atoms with E-state index in [0.29, 0.717) is 27.0 Å². The molecule has 0 bridgehead atoms. The normalized spacial score (nSPS) is 10.9. The maximum Gasteiger partial charge on any atom is 0.263 e. The summed E-state index contributed by atoms with van der Waals surface area (Å²) < 4.78 is 0. The highest BCUT2D eigenvalue weighted by Gasteiger charge is 2.18. The van der Waals surface area contributed by atoms with Gasteiger partial charge in [0.15, 0.2) is 0 Å². The smallest absolute Gasteiger partial charge is 0.263 e. The fourth-order valence-corrected chi connectivity index (χ4v) is 3.93. The highest BCUT2D eigenvalue weighted by molar-refractivity contribution is 7.21. The SMILES string of the molecule is Nc1c(C(=O)NCc2ccccc2Cl)sc2nc(-c3ccccn3)ccc12. The van der Waals surface area contributed by atoms with Crippen LogP contribution in [0.25, 0.3) is 21.6 Å². The highest BCUT2D eigenvalue weighted by atomic mass is 35.5. The van der Waals surface area contributed by atoms with Gasteiger partial charge in [-0.1, -0.05) is 35.9 Å². The molecule has 1 aromatic carbocycles. The van der Waals surface area contributed by atoms with Gasteiger partial charge < -0.3 is 11.1 Å². The summed E-state index contributed by atoms with van der Waals surface area (Å²) in [4.78, 5) is 22.7. The molecule has 0 aliphatic rings. The lowest BCUT2D eigenvalue weighted by Crippen LogP contribution is -2.22. The van der Waals surface area contributed by atoms with Gasteiger partial charge in [0.05, 0.1) is 17.1 Å². The monoisotopic (exact) mass is 394 g/mol. The number of halogens is 1. The Balaban J connectivity index is 1.61. The molecule has 0 unspecified atom stereocenters. The fourth-order valence-electron chi connectivity index (χ4n) is 2.72. The molecule has 0 aliphatic heterocycles. The average molecular weight is 395 g/mol. The molecule has 0 saturated heterocycles. The fraction of sp³-hybridized carbons (Fsp3) is 0.0500. The molecule has 3 aromatic heterocycles. The van der Waals surface area contributed by atoms with Crippen molar-refractivity contribution in [2.24, 2.45) is 0 Å². The number of anilines is 1. The molecular formula is C20H15ClN4OS. The minimum atomic E-state index is -0.241. The molecule has 3 heterocycles. The lowest BCUT2D eigenvalue weighted by Gasteiger charge is -2.06. The van der Waals surface area contributed by atoms with Crippen LogP contribution in [0.4, 0.5) is 5.69 Å². The Bertz CT molecular complexity index is 1130. The van der Waals surface area contributed by atoms with Crippen molar-refractivity contribution >= 4 is 44.7 Å². The van der Waals surface area contributed by atoms with Crippen molar-refractivity contribution < 1.29 is 4.79 Å². The molecule has 7 heteroatoms. The molecule has 0 atom stereocenters. The van der Waals surface area contributed by atoms with Gasteiger partial charge in [-0.05, 0) is 35.9 Å². The number of carbonyl (C=O) groups is 1. The first-order chi connectivity index (χ1) is 13.1. The molecule has 0 aliphatic carbocycles. The highest BCUT2D eigenvalue weighted by Crippen LogP contribution is 2.34. The summed E-state index contributed by atoms with van der Waals surface area (Å²) in [6, 6.07) is 16.8. The van der Waals surface area contributed by atoms with Crippen molar-refractivity contribution in [1.29, 1.82) is 0 Å². The number of hydrogen-bond donors (Lipinski definition) is 2. The van der Waals surface area contributed by atoms with E-state index in [4.69, 9.17) is 17.3 Å². The van der Waals surface area contributed by atoms with Gasteiger partial charge >= 0.3 is 0 Å². The number of nitrogens with zero attached hydrogens (tertiary/aromatic N) is 2. The Hall–Kier alpha value is -2.96. The second kappa shape index (κ2) is 7.34. The second-order valence-electron chi connectivity index (χ2n) is 5.88. The first kappa shape index (κ1) is 17.5. The minimum Gasteiger partial charge on any atom is -0.397 e. The van der Waals surface area contributed by atoms with Crippen LogP contribution in [0.15, 0.2) is 60.8 Å². The van der Waals surface area contributed by atoms with Crippen LogP contribution in [0.5, 0.6) is 0 Å². The zero-order chi connectivity index (χ0) is 18.8. The van der Waals surface area contributed by atoms with Crippen molar-refractivity contribution in [3.05, 3.63) is 76.3 Å². The zero-order valence-corrected chi connectivity index (χ0v) is 15.7. The van der Waals surface area contributed by atoms with Crippen LogP contribution >= 0.6 is 22.9 Å². The molecule has 27 heavy (non-hydrogen) atoms. The Morgan fingerprint density at radius 1 is 1.07 bits per heavy atom. The second-order valence-corrected chi connectivity index (χ2v) is 7.29. The number of nitrogen functional groups attached to an aromatic ring is 1. The van der Waals surface area contributed by atoms with Crippen LogP contribution < -0.4 is 11.1 Å². The predicted octanol–water partition coefficient (Wildman–Crippen LogP) is 4.52. The third kappa shape index (κ3) is 3.49. The third-order valence-corrected chi connectivity index (χ3v) is 5.61. The number of pyridine rings is 2. The summed E-state index contributed by atoms with van der Waals surface area (Å²) >= 11 is 7.41. The maximum absolute atomic E-state index is 12.6. The molecular weight excluding hydrogens is 380 g/mol. The average Bonchev–Trinajstić information content (AvgIpc) is 3.04. The van der Waals surface area contributed by atoms with Crippen LogP contribution in [0.1, 0.15) is 15.2 Å². The first-order valence-corrected chi connectivity index (χ1v) is 9.45. The molecule has 0 spiro atoms. The minimum absolute atomic E-state index is 0.241. The van der Waals surface area contributed by atoms with Crippen molar-refractivity contribution in [2.45, 2.75) is 6.54 Å². The summed E-state index contributed by atoms with van der Waals surface area (Å²) in [6.45, 7) is 0.332. The largest absolute Gasteiger partial charge is 0.397 e. The van der Waals surface area contributed by atoms with Crippen molar-refractivity contribution in [3.8, 4) is 11.4 Å². The van der Waals surface area contributed by atoms with Crippen molar-refractivity contribution in [2.75, 3.05) is 5.73 Å². The quantitative estimate of drug-likeness (QED) is 0.533. The predicted molar refractivity (Wildman–Crippen MR) is 110 cm³/mol. The van der Waals surface area contributed by atoms with E-state index in [1.807, 2.05) is 48.5 Å². The summed E-state index contributed by atoms with van der Waals surface area (Å²) in [6.07, 6.45) is 1.72. The number of benzene rings is 1. The standard InChI is InChI=1S/C20H15ClN4OS/c21-14-6-2-1-5-12(14)11-24-19(26)18-17(22)13-8-9-16(25-20(13)27-18)15-7-3-4-10-23-15/h1-10H,11,22H2,(H,24,26). The Kier molecular flexibility index (Phi) is 4.75. The number of thiophene rings is 1. The van der Waals surface area contributed by atoms with Gasteiger partial charge in [0.2, 0.25) is 0 Å². The van der Waals surface area contributed by atoms with Crippen molar-refractivity contribution in [1.82, 2.24) is 15.3 Å². The number of fused-ring (bicyclic) bond motifs is 1. The molecule has 0 fully saturated rings. The van der Waals surface area contributed by atoms with Crippen LogP contribution in [0.2, 0.25) is 5.02 Å². The van der Waals surface area contributed by atoms with E-state index in [0.717, 1.165) is 22.3 Å². The Morgan fingerprint density at radius 3 is 2.67 bits per heavy atom. The van der Waals surface area contributed by atoms with Gasteiger partial charge in [-0.15, -0.1) is 11.3 Å². The molecule has 4 rings (SSSR count). The molecule has 0 radical (unpaired) electrons. The number of rotatable bonds is 4. The molecule has 1 amide bonds. The van der Waals surface area contributed by atoms with E-state index in [9.17, 15) is 4.79 Å². The molecule has 5 nitrogen and oxygen atoms in total. The van der Waals surface area contributed by atoms with Gasteiger partial charge in [-0.3, -0.25) is 9.78 Å². The first-order valence-electron chi connectivity index (χ1n) is 8.25. The Morgan fingerprint density at radius 2 is 1.89 bits per heavy atom. The lowest BCUT2D eigenvalue weighted by atomic mass is 10.2. The molecule has 134 valence electrons. The van der Waals surface area contributed by atoms with Gasteiger partial charge in [-0.2, -0.15) is 0 Å². The summed E-state index contributed by atoms with van der Waals surface area (Å²) in [5, 5.41) is 4.25. The van der Waals surface area contributed by atoms with Gasteiger partial charge in [-0.25, -0.2) is 4.98 Å². The number of nitrogens with one attached hydrogen (secondary N) is 1. The summed E-state index contributed by atoms with van der Waals surface area (Å²) in [5.74, 6) is -0.241. The van der Waals surface area contributed by atoms with Gasteiger partial charge in [0.25, 0.3) is 5.91 Å². The van der Waals surface area contributed by atoms with E-state index in [1.54, 1.807) is 12.3 Å². The van der Waals surface area contributed by atoms with Gasteiger partial charge in [0, 0.05) is 23.2 Å². The Labute approximate surface area is 164 Å². The van der Waals surface area contributed by atoms with E-state index >= 15 is 0 Å². The topological polar surface area (TPSA) is 80.9 Å². The number of amides is 1. The van der Waals surface area contributed by atoms with Crippen molar-refractivity contribution in [3.63, 3.8) is 0 Å². The number of hydrogen-bond acceptors (Lipinski definition) is 5. The van der Waals surface area contributed by atoms with Crippen LogP contribution in [0.3, 0.4) is 0 Å². The third-order valence-electron chi connectivity index (χ3n) is 4.12. The lowest BCUT2D eigenvalue weighted by molar-refractivity contribution is 0.0956. The van der Waals surface area contributed by atoms with E-state index in [2.05, 4.69) is 15.3 Å².